The molecule has 3 rings (SSSR count). The Morgan fingerprint density at radius 1 is 1.11 bits per heavy atom. The van der Waals surface area contributed by atoms with Crippen LogP contribution >= 0.6 is 18.6 Å². The molecule has 0 saturated carbocycles. The molecule has 1 fully saturated rings. The zero-order valence-electron chi connectivity index (χ0n) is 16.3. The van der Waals surface area contributed by atoms with Gasteiger partial charge in [-0.05, 0) is 0 Å². The van der Waals surface area contributed by atoms with E-state index in [0.29, 0.717) is 23.0 Å². The zero-order valence-corrected chi connectivity index (χ0v) is 18.1. The molecule has 0 atom stereocenters. The number of aryl methyl sites for hydroxylation is 1. The van der Waals surface area contributed by atoms with Gasteiger partial charge in [0.2, 0.25) is 0 Å². The molecular formula is C22H28NO3PS. The van der Waals surface area contributed by atoms with E-state index in [1.807, 2.05) is 18.4 Å². The predicted molar refractivity (Wildman–Crippen MR) is 120 cm³/mol. The van der Waals surface area contributed by atoms with Crippen molar-refractivity contribution in [1.82, 2.24) is 0 Å². The van der Waals surface area contributed by atoms with Crippen molar-refractivity contribution in [3.63, 3.8) is 0 Å². The second-order valence-corrected chi connectivity index (χ2v) is 13.5. The summed E-state index contributed by atoms with van der Waals surface area (Å²) >= 11 is 1.22. The third-order valence-electron chi connectivity index (χ3n) is 5.69. The summed E-state index contributed by atoms with van der Waals surface area (Å²) in [7, 11) is -1.80. The summed E-state index contributed by atoms with van der Waals surface area (Å²) in [6, 6.07) is 10.5. The maximum absolute atomic E-state index is 13.0. The van der Waals surface area contributed by atoms with E-state index >= 15 is 0 Å². The Bertz CT molecular complexity index is 839. The Labute approximate surface area is 171 Å². The van der Waals surface area contributed by atoms with Gasteiger partial charge in [0.05, 0.1) is 0 Å². The van der Waals surface area contributed by atoms with Crippen LogP contribution in [0.5, 0.6) is 0 Å². The number of Topliss-reactive ketones (excluding diaryl/α,β-unsaturated/α-hetero) is 1. The molecule has 0 spiro atoms. The van der Waals surface area contributed by atoms with Gasteiger partial charge in [-0.25, -0.2) is 0 Å². The van der Waals surface area contributed by atoms with Gasteiger partial charge >= 0.3 is 171 Å². The van der Waals surface area contributed by atoms with Crippen molar-refractivity contribution in [1.29, 1.82) is 0 Å². The average Bonchev–Trinajstić information content (AvgIpc) is 2.90. The van der Waals surface area contributed by atoms with Crippen molar-refractivity contribution >= 4 is 42.3 Å². The second kappa shape index (κ2) is 9.58. The van der Waals surface area contributed by atoms with Crippen molar-refractivity contribution < 1.29 is 14.4 Å². The van der Waals surface area contributed by atoms with Crippen LogP contribution in [0.4, 0.5) is 5.69 Å². The maximum atomic E-state index is 13.0. The van der Waals surface area contributed by atoms with Crippen molar-refractivity contribution in [2.24, 2.45) is 0 Å². The topological polar surface area (TPSA) is 63.2 Å². The van der Waals surface area contributed by atoms with E-state index in [9.17, 15) is 14.4 Å². The third kappa shape index (κ3) is 5.15. The quantitative estimate of drug-likeness (QED) is 0.302. The summed E-state index contributed by atoms with van der Waals surface area (Å²) in [5, 5.41) is 4.79. The Balaban J connectivity index is 1.79. The molecule has 1 aromatic carbocycles. The van der Waals surface area contributed by atoms with Crippen molar-refractivity contribution in [3.05, 3.63) is 51.7 Å². The number of ketones is 1. The molecule has 0 bridgehead atoms. The van der Waals surface area contributed by atoms with E-state index in [4.69, 9.17) is 0 Å². The minimum atomic E-state index is -1.80. The number of hydrogen-bond acceptors (Lipinski definition) is 4. The van der Waals surface area contributed by atoms with Gasteiger partial charge < -0.3 is 0 Å². The standard InChI is InChI=1S/C22H28NO3PS/c1-17-16-28-22(19(25)13-24)21(17)23-20(26)15-27(11-7-2-3-8-12-27)14-18-9-5-4-6-10-18/h4-6,9-10,13,16,27H,2-3,7-8,11-12,14-15H2,1H3,(H,23,26). The fourth-order valence-electron chi connectivity index (χ4n) is 4.28. The molecule has 0 unspecified atom stereocenters. The second-order valence-electron chi connectivity index (χ2n) is 7.91. The van der Waals surface area contributed by atoms with E-state index in [1.165, 1.54) is 54.9 Å². The third-order valence-corrected chi connectivity index (χ3v) is 11.9. The first-order chi connectivity index (χ1) is 13.5. The molecule has 1 aliphatic rings. The Morgan fingerprint density at radius 2 is 1.79 bits per heavy atom. The first-order valence-corrected chi connectivity index (χ1v) is 13.7. The van der Waals surface area contributed by atoms with Crippen LogP contribution in [-0.4, -0.2) is 36.5 Å². The SMILES string of the molecule is Cc1csc(C(=O)C=O)c1NC(=O)C[PH]1(Cc2ccccc2)CCCCCC1. The van der Waals surface area contributed by atoms with E-state index in [2.05, 4.69) is 29.6 Å². The van der Waals surface area contributed by atoms with Gasteiger partial charge in [-0.1, -0.05) is 0 Å². The van der Waals surface area contributed by atoms with E-state index in [1.54, 1.807) is 0 Å². The molecule has 4 nitrogen and oxygen atoms in total. The van der Waals surface area contributed by atoms with Crippen LogP contribution < -0.4 is 5.32 Å². The van der Waals surface area contributed by atoms with Crippen LogP contribution in [0.1, 0.15) is 46.5 Å². The number of carbonyl (C=O) groups excluding carboxylic acids is 3. The van der Waals surface area contributed by atoms with Gasteiger partial charge in [-0.3, -0.25) is 0 Å². The van der Waals surface area contributed by atoms with Gasteiger partial charge in [-0.2, -0.15) is 0 Å². The number of thiophene rings is 1. The van der Waals surface area contributed by atoms with Gasteiger partial charge in [-0.15, -0.1) is 0 Å². The van der Waals surface area contributed by atoms with E-state index < -0.39 is 13.0 Å². The van der Waals surface area contributed by atoms with E-state index in [0.717, 1.165) is 11.7 Å². The molecule has 1 aromatic heterocycles. The zero-order chi connectivity index (χ0) is 20.0. The van der Waals surface area contributed by atoms with Crippen LogP contribution in [0.15, 0.2) is 35.7 Å². The van der Waals surface area contributed by atoms with E-state index in [-0.39, 0.29) is 5.91 Å². The van der Waals surface area contributed by atoms with Crippen LogP contribution in [-0.2, 0) is 15.8 Å². The first kappa shape index (κ1) is 20.9. The molecule has 2 heterocycles. The van der Waals surface area contributed by atoms with Crippen LogP contribution in [0.3, 0.4) is 0 Å². The normalized spacial score (nSPS) is 17.3. The Kier molecular flexibility index (Phi) is 7.14. The number of aldehydes is 1. The van der Waals surface area contributed by atoms with Crippen molar-refractivity contribution in [2.45, 2.75) is 38.8 Å². The van der Waals surface area contributed by atoms with Crippen LogP contribution in [0.2, 0.25) is 0 Å². The summed E-state index contributed by atoms with van der Waals surface area (Å²) in [5.74, 6) is -0.579. The van der Waals surface area contributed by atoms with Crippen molar-refractivity contribution in [2.75, 3.05) is 23.8 Å². The fourth-order valence-corrected chi connectivity index (χ4v) is 10.1. The van der Waals surface area contributed by atoms with Gasteiger partial charge in [0.15, 0.2) is 0 Å². The molecule has 0 radical (unpaired) electrons. The molecule has 2 aromatic rings. The number of rotatable bonds is 7. The molecule has 0 aliphatic carbocycles. The first-order valence-electron chi connectivity index (χ1n) is 9.94. The van der Waals surface area contributed by atoms with Crippen LogP contribution in [0, 0.1) is 6.92 Å². The monoisotopic (exact) mass is 417 g/mol. The molecule has 1 saturated heterocycles. The summed E-state index contributed by atoms with van der Waals surface area (Å²) in [5.41, 5.74) is 2.68. The summed E-state index contributed by atoms with van der Waals surface area (Å²) in [6.45, 7) is 1.86. The molecule has 150 valence electrons. The van der Waals surface area contributed by atoms with Gasteiger partial charge in [0, 0.05) is 0 Å². The fraction of sp³-hybridized carbons (Fsp3) is 0.409. The van der Waals surface area contributed by atoms with Crippen molar-refractivity contribution in [3.8, 4) is 0 Å². The number of anilines is 1. The number of carbonyl (C=O) groups is 3. The summed E-state index contributed by atoms with van der Waals surface area (Å²) in [4.78, 5) is 36.1. The summed E-state index contributed by atoms with van der Waals surface area (Å²) in [6.07, 6.45) is 9.21. The predicted octanol–water partition coefficient (Wildman–Crippen LogP) is 4.90. The summed E-state index contributed by atoms with van der Waals surface area (Å²) < 4.78 is 0. The number of benzene rings is 1. The van der Waals surface area contributed by atoms with Gasteiger partial charge in [0.25, 0.3) is 0 Å². The molecule has 28 heavy (non-hydrogen) atoms. The molecule has 6 heteroatoms. The number of amides is 1. The number of hydrogen-bond donors (Lipinski definition) is 1. The molecule has 1 aliphatic heterocycles. The molecule has 1 N–H and O–H groups in total. The van der Waals surface area contributed by atoms with Crippen LogP contribution in [0.25, 0.3) is 0 Å². The number of nitrogens with one attached hydrogen (secondary N) is 1. The molecule has 1 amide bonds. The molecular weight excluding hydrogens is 389 g/mol. The Hall–Kier alpha value is -1.84. The average molecular weight is 418 g/mol. The minimum absolute atomic E-state index is 0.00838. The van der Waals surface area contributed by atoms with Gasteiger partial charge in [0.1, 0.15) is 0 Å². The Morgan fingerprint density at radius 3 is 2.43 bits per heavy atom.